The number of hydrogen-bond donors (Lipinski definition) is 1. The molecule has 0 saturated carbocycles. The summed E-state index contributed by atoms with van der Waals surface area (Å²) < 4.78 is 15.5. The zero-order valence-electron chi connectivity index (χ0n) is 11.1. The highest BCUT2D eigenvalue weighted by Gasteiger charge is 2.13. The monoisotopic (exact) mass is 345 g/mol. The molecule has 0 spiro atoms. The van der Waals surface area contributed by atoms with Gasteiger partial charge in [0.1, 0.15) is 5.82 Å². The van der Waals surface area contributed by atoms with Gasteiger partial charge in [-0.3, -0.25) is 0 Å². The predicted octanol–water partition coefficient (Wildman–Crippen LogP) is 3.82. The summed E-state index contributed by atoms with van der Waals surface area (Å²) >= 11 is 3.18. The van der Waals surface area contributed by atoms with Crippen molar-refractivity contribution in [2.75, 3.05) is 0 Å². The predicted molar refractivity (Wildman–Crippen MR) is 83.7 cm³/mol. The molecule has 3 aromatic rings. The molecule has 0 amide bonds. The standard InChI is InChI=1S/C16H13BrFN3/c17-14-8-11(6-7-15(14)18)16(19)12-9-20-21(10-12)13-4-2-1-3-5-13/h1-10,16H,19H2. The van der Waals surface area contributed by atoms with Gasteiger partial charge in [0.2, 0.25) is 0 Å². The number of nitrogens with two attached hydrogens (primary N) is 1. The summed E-state index contributed by atoms with van der Waals surface area (Å²) in [6.07, 6.45) is 3.62. The third kappa shape index (κ3) is 2.89. The Morgan fingerprint density at radius 1 is 1.10 bits per heavy atom. The fraction of sp³-hybridized carbons (Fsp3) is 0.0625. The van der Waals surface area contributed by atoms with E-state index < -0.39 is 0 Å². The van der Waals surface area contributed by atoms with Crippen LogP contribution < -0.4 is 5.73 Å². The fourth-order valence-electron chi connectivity index (χ4n) is 2.12. The summed E-state index contributed by atoms with van der Waals surface area (Å²) in [6.45, 7) is 0. The average molecular weight is 346 g/mol. The molecule has 0 aliphatic heterocycles. The van der Waals surface area contributed by atoms with Gasteiger partial charge in [0.05, 0.1) is 22.4 Å². The highest BCUT2D eigenvalue weighted by atomic mass is 79.9. The molecule has 3 nitrogen and oxygen atoms in total. The maximum atomic E-state index is 13.3. The van der Waals surface area contributed by atoms with Gasteiger partial charge < -0.3 is 5.73 Å². The van der Waals surface area contributed by atoms with Gasteiger partial charge in [0, 0.05) is 11.8 Å². The smallest absolute Gasteiger partial charge is 0.137 e. The molecule has 0 saturated heterocycles. The maximum Gasteiger partial charge on any atom is 0.137 e. The second-order valence-corrected chi connectivity index (χ2v) is 5.56. The Balaban J connectivity index is 1.90. The Labute approximate surface area is 130 Å². The first-order chi connectivity index (χ1) is 10.1. The molecule has 1 atom stereocenters. The highest BCUT2D eigenvalue weighted by molar-refractivity contribution is 9.10. The number of para-hydroxylation sites is 1. The van der Waals surface area contributed by atoms with E-state index in [1.54, 1.807) is 23.0 Å². The van der Waals surface area contributed by atoms with E-state index in [0.717, 1.165) is 16.8 Å². The molecular formula is C16H13BrFN3. The van der Waals surface area contributed by atoms with Crippen molar-refractivity contribution in [1.29, 1.82) is 0 Å². The zero-order chi connectivity index (χ0) is 14.8. The Bertz CT molecular complexity index is 755. The van der Waals surface area contributed by atoms with Crippen molar-refractivity contribution >= 4 is 15.9 Å². The third-order valence-electron chi connectivity index (χ3n) is 3.29. The van der Waals surface area contributed by atoms with E-state index in [-0.39, 0.29) is 11.9 Å². The molecule has 0 radical (unpaired) electrons. The lowest BCUT2D eigenvalue weighted by Crippen LogP contribution is -2.11. The minimum absolute atomic E-state index is 0.300. The molecule has 1 heterocycles. The molecule has 0 bridgehead atoms. The van der Waals surface area contributed by atoms with E-state index in [1.807, 2.05) is 36.5 Å². The van der Waals surface area contributed by atoms with Crippen LogP contribution in [0, 0.1) is 5.82 Å². The first kappa shape index (κ1) is 14.0. The maximum absolute atomic E-state index is 13.3. The Morgan fingerprint density at radius 3 is 2.57 bits per heavy atom. The molecule has 21 heavy (non-hydrogen) atoms. The van der Waals surface area contributed by atoms with Crippen molar-refractivity contribution in [3.8, 4) is 5.69 Å². The Kier molecular flexibility index (Phi) is 3.86. The minimum atomic E-state index is -0.348. The minimum Gasteiger partial charge on any atom is -0.320 e. The lowest BCUT2D eigenvalue weighted by Gasteiger charge is -2.10. The molecule has 3 rings (SSSR count). The molecule has 1 aromatic heterocycles. The van der Waals surface area contributed by atoms with Crippen molar-refractivity contribution in [1.82, 2.24) is 9.78 Å². The van der Waals surface area contributed by atoms with Crippen LogP contribution in [0.2, 0.25) is 0 Å². The van der Waals surface area contributed by atoms with Crippen LogP contribution in [0.1, 0.15) is 17.2 Å². The van der Waals surface area contributed by atoms with Gasteiger partial charge >= 0.3 is 0 Å². The van der Waals surface area contributed by atoms with Crippen LogP contribution in [-0.2, 0) is 0 Å². The van der Waals surface area contributed by atoms with E-state index in [1.165, 1.54) is 6.07 Å². The van der Waals surface area contributed by atoms with E-state index in [0.29, 0.717) is 4.47 Å². The normalized spacial score (nSPS) is 12.3. The highest BCUT2D eigenvalue weighted by Crippen LogP contribution is 2.24. The van der Waals surface area contributed by atoms with Crippen LogP contribution in [-0.4, -0.2) is 9.78 Å². The summed E-state index contributed by atoms with van der Waals surface area (Å²) in [4.78, 5) is 0. The van der Waals surface area contributed by atoms with Crippen molar-refractivity contribution in [2.24, 2.45) is 5.73 Å². The first-order valence-electron chi connectivity index (χ1n) is 6.45. The number of hydrogen-bond acceptors (Lipinski definition) is 2. The van der Waals surface area contributed by atoms with E-state index in [2.05, 4.69) is 21.0 Å². The lowest BCUT2D eigenvalue weighted by molar-refractivity contribution is 0.619. The van der Waals surface area contributed by atoms with E-state index in [9.17, 15) is 4.39 Å². The quantitative estimate of drug-likeness (QED) is 0.784. The number of halogens is 2. The van der Waals surface area contributed by atoms with E-state index in [4.69, 9.17) is 5.73 Å². The summed E-state index contributed by atoms with van der Waals surface area (Å²) in [5.41, 5.74) is 8.90. The second-order valence-electron chi connectivity index (χ2n) is 4.71. The Morgan fingerprint density at radius 2 is 1.86 bits per heavy atom. The molecule has 1 unspecified atom stereocenters. The van der Waals surface area contributed by atoms with Crippen LogP contribution in [0.25, 0.3) is 5.69 Å². The van der Waals surface area contributed by atoms with Crippen LogP contribution in [0.4, 0.5) is 4.39 Å². The summed E-state index contributed by atoms with van der Waals surface area (Å²) in [7, 11) is 0. The van der Waals surface area contributed by atoms with Crippen molar-refractivity contribution in [3.05, 3.63) is 82.3 Å². The average Bonchev–Trinajstić information content (AvgIpc) is 3.00. The summed E-state index contributed by atoms with van der Waals surface area (Å²) in [5, 5.41) is 4.32. The van der Waals surface area contributed by atoms with Crippen LogP contribution in [0.15, 0.2) is 65.4 Å². The van der Waals surface area contributed by atoms with Gasteiger partial charge in [0.25, 0.3) is 0 Å². The molecular weight excluding hydrogens is 333 g/mol. The van der Waals surface area contributed by atoms with Crippen LogP contribution in [0.5, 0.6) is 0 Å². The van der Waals surface area contributed by atoms with Gasteiger partial charge in [-0.25, -0.2) is 9.07 Å². The molecule has 106 valence electrons. The molecule has 2 aromatic carbocycles. The van der Waals surface area contributed by atoms with Gasteiger partial charge in [-0.1, -0.05) is 24.3 Å². The van der Waals surface area contributed by atoms with Crippen molar-refractivity contribution < 1.29 is 4.39 Å². The van der Waals surface area contributed by atoms with Gasteiger partial charge in [-0.15, -0.1) is 0 Å². The number of nitrogens with zero attached hydrogens (tertiary/aromatic N) is 2. The number of rotatable bonds is 3. The number of aromatic nitrogens is 2. The summed E-state index contributed by atoms with van der Waals surface area (Å²) in [5.74, 6) is -0.300. The van der Waals surface area contributed by atoms with Gasteiger partial charge in [0.15, 0.2) is 0 Å². The largest absolute Gasteiger partial charge is 0.320 e. The topological polar surface area (TPSA) is 43.8 Å². The first-order valence-corrected chi connectivity index (χ1v) is 7.25. The SMILES string of the molecule is NC(c1ccc(F)c(Br)c1)c1cnn(-c2ccccc2)c1. The van der Waals surface area contributed by atoms with Crippen LogP contribution >= 0.6 is 15.9 Å². The van der Waals surface area contributed by atoms with Crippen LogP contribution in [0.3, 0.4) is 0 Å². The molecule has 5 heteroatoms. The lowest BCUT2D eigenvalue weighted by atomic mass is 10.0. The third-order valence-corrected chi connectivity index (χ3v) is 3.89. The van der Waals surface area contributed by atoms with Gasteiger partial charge in [-0.05, 0) is 45.8 Å². The van der Waals surface area contributed by atoms with Crippen molar-refractivity contribution in [3.63, 3.8) is 0 Å². The molecule has 0 aliphatic rings. The molecule has 2 N–H and O–H groups in total. The fourth-order valence-corrected chi connectivity index (χ4v) is 2.51. The summed E-state index contributed by atoms with van der Waals surface area (Å²) in [6, 6.07) is 14.2. The molecule has 0 fully saturated rings. The zero-order valence-corrected chi connectivity index (χ0v) is 12.7. The van der Waals surface area contributed by atoms with Gasteiger partial charge in [-0.2, -0.15) is 5.10 Å². The number of benzene rings is 2. The van der Waals surface area contributed by atoms with Crippen molar-refractivity contribution in [2.45, 2.75) is 6.04 Å². The second kappa shape index (κ2) is 5.79. The molecule has 0 aliphatic carbocycles. The van der Waals surface area contributed by atoms with E-state index >= 15 is 0 Å². The Hall–Kier alpha value is -1.98.